The summed E-state index contributed by atoms with van der Waals surface area (Å²) in [4.78, 5) is 0. The van der Waals surface area contributed by atoms with Crippen LogP contribution < -0.4 is 11.1 Å². The summed E-state index contributed by atoms with van der Waals surface area (Å²) in [6.07, 6.45) is 5.20. The average Bonchev–Trinajstić information content (AvgIpc) is 3.29. The third kappa shape index (κ3) is 4.05. The first-order chi connectivity index (χ1) is 9.28. The van der Waals surface area contributed by atoms with Crippen molar-refractivity contribution in [2.45, 2.75) is 51.5 Å². The molecule has 1 fully saturated rings. The van der Waals surface area contributed by atoms with Crippen molar-refractivity contribution in [3.05, 3.63) is 35.4 Å². The van der Waals surface area contributed by atoms with Gasteiger partial charge in [0, 0.05) is 12.6 Å². The quantitative estimate of drug-likeness (QED) is 0.749. The molecule has 1 atom stereocenters. The van der Waals surface area contributed by atoms with E-state index in [4.69, 9.17) is 5.73 Å². The molecule has 0 heterocycles. The molecule has 2 nitrogen and oxygen atoms in total. The second-order valence-corrected chi connectivity index (χ2v) is 5.82. The van der Waals surface area contributed by atoms with Gasteiger partial charge in [0.1, 0.15) is 0 Å². The average molecular weight is 260 g/mol. The molecule has 0 saturated heterocycles. The Hall–Kier alpha value is -0.860. The largest absolute Gasteiger partial charge is 0.329 e. The second-order valence-electron chi connectivity index (χ2n) is 5.82. The molecular formula is C17H28N2. The second kappa shape index (κ2) is 7.06. The summed E-state index contributed by atoms with van der Waals surface area (Å²) < 4.78 is 0. The van der Waals surface area contributed by atoms with Crippen LogP contribution >= 0.6 is 0 Å². The summed E-state index contributed by atoms with van der Waals surface area (Å²) in [5.74, 6) is 1.58. The monoisotopic (exact) mass is 260 g/mol. The summed E-state index contributed by atoms with van der Waals surface area (Å²) in [6, 6.07) is 9.32. The molecule has 1 saturated carbocycles. The van der Waals surface area contributed by atoms with Crippen molar-refractivity contribution in [1.29, 1.82) is 0 Å². The Kier molecular flexibility index (Phi) is 5.41. The van der Waals surface area contributed by atoms with Gasteiger partial charge in [-0.15, -0.1) is 0 Å². The fourth-order valence-electron chi connectivity index (χ4n) is 2.67. The van der Waals surface area contributed by atoms with Crippen molar-refractivity contribution < 1.29 is 0 Å². The third-order valence-corrected chi connectivity index (χ3v) is 4.41. The lowest BCUT2D eigenvalue weighted by atomic mass is 9.99. The van der Waals surface area contributed by atoms with Crippen molar-refractivity contribution in [2.75, 3.05) is 13.1 Å². The van der Waals surface area contributed by atoms with Crippen LogP contribution in [0, 0.1) is 5.92 Å². The zero-order chi connectivity index (χ0) is 13.7. The van der Waals surface area contributed by atoms with Crippen LogP contribution in [0.3, 0.4) is 0 Å². The molecule has 106 valence electrons. The first kappa shape index (κ1) is 14.5. The lowest BCUT2D eigenvalue weighted by molar-refractivity contribution is 0.414. The van der Waals surface area contributed by atoms with Gasteiger partial charge in [-0.2, -0.15) is 0 Å². The predicted octanol–water partition coefficient (Wildman–Crippen LogP) is 3.59. The van der Waals surface area contributed by atoms with E-state index in [-0.39, 0.29) is 0 Å². The van der Waals surface area contributed by atoms with Crippen LogP contribution in [0.4, 0.5) is 0 Å². The first-order valence-electron chi connectivity index (χ1n) is 7.81. The molecule has 0 aliphatic heterocycles. The van der Waals surface area contributed by atoms with E-state index in [1.807, 2.05) is 0 Å². The Labute approximate surface area is 117 Å². The van der Waals surface area contributed by atoms with E-state index in [0.717, 1.165) is 18.4 Å². The molecule has 0 amide bonds. The van der Waals surface area contributed by atoms with E-state index in [0.29, 0.717) is 12.6 Å². The number of nitrogens with two attached hydrogens (primary N) is 1. The molecule has 0 bridgehead atoms. The number of hydrogen-bond donors (Lipinski definition) is 2. The third-order valence-electron chi connectivity index (χ3n) is 4.41. The zero-order valence-electron chi connectivity index (χ0n) is 12.4. The number of hydrogen-bond acceptors (Lipinski definition) is 2. The van der Waals surface area contributed by atoms with Gasteiger partial charge < -0.3 is 11.1 Å². The first-order valence-corrected chi connectivity index (χ1v) is 7.81. The predicted molar refractivity (Wildman–Crippen MR) is 82.3 cm³/mol. The highest BCUT2D eigenvalue weighted by Crippen LogP contribution is 2.40. The summed E-state index contributed by atoms with van der Waals surface area (Å²) in [6.45, 7) is 6.28. The Balaban J connectivity index is 1.98. The summed E-state index contributed by atoms with van der Waals surface area (Å²) in [5.41, 5.74) is 8.81. The van der Waals surface area contributed by atoms with E-state index < -0.39 is 0 Å². The van der Waals surface area contributed by atoms with Gasteiger partial charge in [0.05, 0.1) is 0 Å². The van der Waals surface area contributed by atoms with Gasteiger partial charge in [-0.3, -0.25) is 0 Å². The normalized spacial score (nSPS) is 16.8. The Morgan fingerprint density at radius 2 is 2.00 bits per heavy atom. The van der Waals surface area contributed by atoms with Crippen molar-refractivity contribution in [2.24, 2.45) is 11.7 Å². The smallest absolute Gasteiger partial charge is 0.0444 e. The van der Waals surface area contributed by atoms with Gasteiger partial charge in [-0.1, -0.05) is 51.0 Å². The van der Waals surface area contributed by atoms with Crippen LogP contribution in [0.2, 0.25) is 0 Å². The Morgan fingerprint density at radius 3 is 2.58 bits per heavy atom. The van der Waals surface area contributed by atoms with Gasteiger partial charge in [0.25, 0.3) is 0 Å². The highest BCUT2D eigenvalue weighted by molar-refractivity contribution is 5.31. The van der Waals surface area contributed by atoms with Crippen molar-refractivity contribution in [1.82, 2.24) is 5.32 Å². The van der Waals surface area contributed by atoms with E-state index in [2.05, 4.69) is 43.4 Å². The minimum absolute atomic E-state index is 0.305. The maximum atomic E-state index is 5.95. The molecule has 0 radical (unpaired) electrons. The fourth-order valence-corrected chi connectivity index (χ4v) is 2.67. The molecule has 1 aliphatic carbocycles. The van der Waals surface area contributed by atoms with Crippen molar-refractivity contribution in [3.8, 4) is 0 Å². The van der Waals surface area contributed by atoms with Crippen molar-refractivity contribution >= 4 is 0 Å². The van der Waals surface area contributed by atoms with Gasteiger partial charge in [0.2, 0.25) is 0 Å². The van der Waals surface area contributed by atoms with E-state index in [1.165, 1.54) is 36.8 Å². The standard InChI is InChI=1S/C17H28N2/c1-3-13(4-2)12-19-17(11-18)16-7-5-6-15(10-16)14-8-9-14/h5-7,10,13-14,17,19H,3-4,8-9,11-12,18H2,1-2H3. The van der Waals surface area contributed by atoms with Crippen LogP contribution in [0.15, 0.2) is 24.3 Å². The van der Waals surface area contributed by atoms with Gasteiger partial charge in [-0.05, 0) is 42.3 Å². The number of rotatable bonds is 8. The van der Waals surface area contributed by atoms with Crippen LogP contribution in [0.25, 0.3) is 0 Å². The fraction of sp³-hybridized carbons (Fsp3) is 0.647. The van der Waals surface area contributed by atoms with Gasteiger partial charge >= 0.3 is 0 Å². The minimum Gasteiger partial charge on any atom is -0.329 e. The molecule has 1 aromatic rings. The van der Waals surface area contributed by atoms with Crippen LogP contribution in [0.5, 0.6) is 0 Å². The topological polar surface area (TPSA) is 38.0 Å². The molecule has 1 aliphatic rings. The molecule has 3 N–H and O–H groups in total. The molecule has 19 heavy (non-hydrogen) atoms. The van der Waals surface area contributed by atoms with Crippen LogP contribution in [-0.4, -0.2) is 13.1 Å². The van der Waals surface area contributed by atoms with E-state index in [1.54, 1.807) is 0 Å². The number of benzene rings is 1. The lowest BCUT2D eigenvalue weighted by Gasteiger charge is -2.21. The van der Waals surface area contributed by atoms with Gasteiger partial charge in [-0.25, -0.2) is 0 Å². The van der Waals surface area contributed by atoms with Crippen molar-refractivity contribution in [3.63, 3.8) is 0 Å². The summed E-state index contributed by atoms with van der Waals surface area (Å²) >= 11 is 0. The highest BCUT2D eigenvalue weighted by atomic mass is 14.9. The Morgan fingerprint density at radius 1 is 1.26 bits per heavy atom. The zero-order valence-corrected chi connectivity index (χ0v) is 12.4. The van der Waals surface area contributed by atoms with Gasteiger partial charge in [0.15, 0.2) is 0 Å². The van der Waals surface area contributed by atoms with E-state index in [9.17, 15) is 0 Å². The minimum atomic E-state index is 0.305. The highest BCUT2D eigenvalue weighted by Gasteiger charge is 2.24. The summed E-state index contributed by atoms with van der Waals surface area (Å²) in [7, 11) is 0. The molecule has 2 heteroatoms. The SMILES string of the molecule is CCC(CC)CNC(CN)c1cccc(C2CC2)c1. The van der Waals surface area contributed by atoms with Crippen LogP contribution in [0.1, 0.15) is 62.6 Å². The molecular weight excluding hydrogens is 232 g/mol. The lowest BCUT2D eigenvalue weighted by Crippen LogP contribution is -2.32. The maximum absolute atomic E-state index is 5.95. The Bertz CT molecular complexity index is 381. The molecule has 0 aromatic heterocycles. The van der Waals surface area contributed by atoms with E-state index >= 15 is 0 Å². The number of nitrogens with one attached hydrogen (secondary N) is 1. The van der Waals surface area contributed by atoms with Crippen LogP contribution in [-0.2, 0) is 0 Å². The molecule has 1 aromatic carbocycles. The molecule has 0 spiro atoms. The maximum Gasteiger partial charge on any atom is 0.0444 e. The summed E-state index contributed by atoms with van der Waals surface area (Å²) in [5, 5.41) is 3.65. The molecule has 1 unspecified atom stereocenters. The molecule has 2 rings (SSSR count).